The fourth-order valence-corrected chi connectivity index (χ4v) is 5.98. The zero-order valence-corrected chi connectivity index (χ0v) is 28.5. The van der Waals surface area contributed by atoms with Gasteiger partial charge in [-0.25, -0.2) is 9.59 Å². The second-order valence-electron chi connectivity index (χ2n) is 13.5. The molecular weight excluding hydrogens is 618 g/mol. The molecule has 1 saturated carbocycles. The van der Waals surface area contributed by atoms with E-state index in [0.29, 0.717) is 61.2 Å². The quantitative estimate of drug-likeness (QED) is 0.0648. The Balaban J connectivity index is 1.96. The van der Waals surface area contributed by atoms with E-state index < -0.39 is 47.8 Å². The summed E-state index contributed by atoms with van der Waals surface area (Å²) in [5.41, 5.74) is -2.45. The van der Waals surface area contributed by atoms with Crippen molar-refractivity contribution in [3.05, 3.63) is 42.0 Å². The Hall–Kier alpha value is -3.73. The Labute approximate surface area is 284 Å². The van der Waals surface area contributed by atoms with E-state index in [9.17, 15) is 44.4 Å². The molecule has 0 radical (unpaired) electrons. The summed E-state index contributed by atoms with van der Waals surface area (Å²) in [6.45, 7) is 4.70. The third-order valence-corrected chi connectivity index (χ3v) is 8.99. The summed E-state index contributed by atoms with van der Waals surface area (Å²) in [6.07, 6.45) is 14.0. The molecule has 0 aliphatic heterocycles. The number of ether oxygens (including phenoxy) is 1. The molecule has 1 aromatic carbocycles. The molecule has 1 aliphatic rings. The second kappa shape index (κ2) is 21.3. The number of carbonyl (C=O) groups excluding carboxylic acids is 2. The predicted octanol–water partition coefficient (Wildman–Crippen LogP) is 5.96. The number of Topliss-reactive ketones (excluding diaryl/α,β-unsaturated/α-hetero) is 1. The Morgan fingerprint density at radius 1 is 0.938 bits per heavy atom. The first-order chi connectivity index (χ1) is 22.8. The normalized spacial score (nSPS) is 16.2. The van der Waals surface area contributed by atoms with Gasteiger partial charge in [0.05, 0.1) is 18.9 Å². The monoisotopic (exact) mass is 673 g/mol. The molecule has 1 fully saturated rings. The number of nitrogens with one attached hydrogen (secondary N) is 1. The largest absolute Gasteiger partial charge is 0.494 e. The van der Waals surface area contributed by atoms with E-state index in [2.05, 4.69) is 19.2 Å². The molecule has 268 valence electrons. The van der Waals surface area contributed by atoms with Crippen molar-refractivity contribution < 1.29 is 49.1 Å². The number of rotatable bonds is 24. The van der Waals surface area contributed by atoms with E-state index in [1.54, 1.807) is 24.3 Å². The number of amides is 1. The fourth-order valence-electron chi connectivity index (χ4n) is 5.98. The van der Waals surface area contributed by atoms with Gasteiger partial charge >= 0.3 is 17.9 Å². The fraction of sp³-hybridized carbons (Fsp3) is 0.649. The molecule has 48 heavy (non-hydrogen) atoms. The van der Waals surface area contributed by atoms with Gasteiger partial charge in [0.15, 0.2) is 5.60 Å². The SMILES string of the molecule is CC(C)CCOc1ccc(C[C@H](NC(=O)[C@@H](/C=C/CCCCCCC(=O)CCC2CCCCC2)C(O)(CC(=O)O)C(=O)O)C(=O)O)cc1. The number of benzene rings is 1. The molecule has 1 aromatic rings. The Morgan fingerprint density at radius 2 is 1.60 bits per heavy atom. The van der Waals surface area contributed by atoms with Crippen molar-refractivity contribution in [2.24, 2.45) is 17.8 Å². The van der Waals surface area contributed by atoms with Gasteiger partial charge in [0.2, 0.25) is 5.91 Å². The average molecular weight is 674 g/mol. The second-order valence-corrected chi connectivity index (χ2v) is 13.5. The smallest absolute Gasteiger partial charge is 0.337 e. The van der Waals surface area contributed by atoms with Gasteiger partial charge in [-0.2, -0.15) is 0 Å². The molecular formula is C37H55NO10. The lowest BCUT2D eigenvalue weighted by Gasteiger charge is -2.29. The van der Waals surface area contributed by atoms with Crippen molar-refractivity contribution >= 4 is 29.6 Å². The number of unbranched alkanes of at least 4 members (excludes halogenated alkanes) is 4. The molecule has 1 amide bonds. The third-order valence-electron chi connectivity index (χ3n) is 8.99. The van der Waals surface area contributed by atoms with Crippen molar-refractivity contribution in [2.45, 2.75) is 128 Å². The number of allylic oxidation sites excluding steroid dienone is 1. The maximum Gasteiger partial charge on any atom is 0.337 e. The summed E-state index contributed by atoms with van der Waals surface area (Å²) in [4.78, 5) is 61.2. The van der Waals surface area contributed by atoms with Gasteiger partial charge in [0.25, 0.3) is 0 Å². The molecule has 0 heterocycles. The van der Waals surface area contributed by atoms with Crippen LogP contribution in [-0.2, 0) is 30.4 Å². The molecule has 2 rings (SSSR count). The summed E-state index contributed by atoms with van der Waals surface area (Å²) in [5, 5.41) is 42.2. The predicted molar refractivity (Wildman–Crippen MR) is 181 cm³/mol. The summed E-state index contributed by atoms with van der Waals surface area (Å²) in [7, 11) is 0. The topological polar surface area (TPSA) is 188 Å². The summed E-state index contributed by atoms with van der Waals surface area (Å²) in [5.74, 6) is -5.85. The molecule has 5 N–H and O–H groups in total. The van der Waals surface area contributed by atoms with Crippen LogP contribution in [0.15, 0.2) is 36.4 Å². The van der Waals surface area contributed by atoms with Crippen molar-refractivity contribution in [3.63, 3.8) is 0 Å². The molecule has 1 aliphatic carbocycles. The summed E-state index contributed by atoms with van der Waals surface area (Å²) >= 11 is 0. The molecule has 0 bridgehead atoms. The number of aliphatic hydroxyl groups is 1. The van der Waals surface area contributed by atoms with Crippen LogP contribution in [0.5, 0.6) is 5.75 Å². The van der Waals surface area contributed by atoms with E-state index in [1.807, 2.05) is 0 Å². The van der Waals surface area contributed by atoms with Crippen LogP contribution in [0.25, 0.3) is 0 Å². The minimum absolute atomic E-state index is 0.142. The van der Waals surface area contributed by atoms with Crippen molar-refractivity contribution in [3.8, 4) is 5.75 Å². The molecule has 11 heteroatoms. The van der Waals surface area contributed by atoms with Crippen LogP contribution in [0.1, 0.15) is 116 Å². The van der Waals surface area contributed by atoms with Crippen LogP contribution in [0, 0.1) is 17.8 Å². The minimum Gasteiger partial charge on any atom is -0.494 e. The first-order valence-electron chi connectivity index (χ1n) is 17.4. The third kappa shape index (κ3) is 15.0. The zero-order chi connectivity index (χ0) is 35.5. The number of carboxylic acids is 3. The highest BCUT2D eigenvalue weighted by molar-refractivity contribution is 5.94. The lowest BCUT2D eigenvalue weighted by Crippen LogP contribution is -2.55. The number of hydrogen-bond donors (Lipinski definition) is 5. The molecule has 0 spiro atoms. The number of carbonyl (C=O) groups is 5. The minimum atomic E-state index is -3.01. The molecule has 11 nitrogen and oxygen atoms in total. The van der Waals surface area contributed by atoms with E-state index in [1.165, 1.54) is 38.2 Å². The van der Waals surface area contributed by atoms with E-state index in [0.717, 1.165) is 38.2 Å². The highest BCUT2D eigenvalue weighted by Crippen LogP contribution is 2.28. The summed E-state index contributed by atoms with van der Waals surface area (Å²) in [6, 6.07) is 5.22. The van der Waals surface area contributed by atoms with E-state index in [-0.39, 0.29) is 6.42 Å². The Morgan fingerprint density at radius 3 is 2.21 bits per heavy atom. The first-order valence-corrected chi connectivity index (χ1v) is 17.4. The molecule has 0 saturated heterocycles. The van der Waals surface area contributed by atoms with Gasteiger partial charge in [0.1, 0.15) is 17.6 Å². The average Bonchev–Trinajstić information content (AvgIpc) is 3.03. The van der Waals surface area contributed by atoms with Gasteiger partial charge in [-0.05, 0) is 61.6 Å². The van der Waals surface area contributed by atoms with Crippen molar-refractivity contribution in [1.29, 1.82) is 0 Å². The number of aliphatic carboxylic acids is 3. The van der Waals surface area contributed by atoms with Crippen LogP contribution >= 0.6 is 0 Å². The van der Waals surface area contributed by atoms with Crippen LogP contribution in [-0.4, -0.2) is 68.3 Å². The lowest BCUT2D eigenvalue weighted by atomic mass is 9.82. The lowest BCUT2D eigenvalue weighted by molar-refractivity contribution is -0.172. The molecule has 3 atom stereocenters. The van der Waals surface area contributed by atoms with Crippen LogP contribution in [0.2, 0.25) is 0 Å². The van der Waals surface area contributed by atoms with Crippen LogP contribution in [0.3, 0.4) is 0 Å². The van der Waals surface area contributed by atoms with Crippen LogP contribution < -0.4 is 10.1 Å². The number of carboxylic acid groups (broad SMARTS) is 3. The van der Waals surface area contributed by atoms with Crippen molar-refractivity contribution in [1.82, 2.24) is 5.32 Å². The summed E-state index contributed by atoms with van der Waals surface area (Å²) < 4.78 is 5.68. The van der Waals surface area contributed by atoms with Gasteiger partial charge in [-0.15, -0.1) is 0 Å². The van der Waals surface area contributed by atoms with Crippen molar-refractivity contribution in [2.75, 3.05) is 6.61 Å². The van der Waals surface area contributed by atoms with Gasteiger partial charge in [-0.3, -0.25) is 14.4 Å². The van der Waals surface area contributed by atoms with Gasteiger partial charge in [-0.1, -0.05) is 83.1 Å². The van der Waals surface area contributed by atoms with Gasteiger partial charge < -0.3 is 30.5 Å². The maximum atomic E-state index is 13.3. The first kappa shape index (κ1) is 40.4. The van der Waals surface area contributed by atoms with Crippen LogP contribution in [0.4, 0.5) is 0 Å². The number of hydrogen-bond acceptors (Lipinski definition) is 7. The Kier molecular flexibility index (Phi) is 17.9. The Bertz CT molecular complexity index is 1210. The van der Waals surface area contributed by atoms with E-state index >= 15 is 0 Å². The number of ketones is 1. The highest BCUT2D eigenvalue weighted by atomic mass is 16.5. The van der Waals surface area contributed by atoms with E-state index in [4.69, 9.17) is 4.74 Å². The zero-order valence-electron chi connectivity index (χ0n) is 28.5. The molecule has 1 unspecified atom stereocenters. The maximum absolute atomic E-state index is 13.3. The molecule has 0 aromatic heterocycles. The highest BCUT2D eigenvalue weighted by Gasteiger charge is 2.49. The van der Waals surface area contributed by atoms with Gasteiger partial charge in [0, 0.05) is 19.3 Å². The standard InChI is InChI=1S/C37H55NO10/c1-26(2)22-23-48-30-20-17-28(18-21-30)24-32(35(43)44)38-34(42)31(37(47,36(45)46)25-33(40)41)15-11-6-4-3-5-10-14-29(39)19-16-27-12-8-7-9-13-27/h11,15,17-18,20-21,26-27,31-32,47H,3-10,12-14,16,19,22-25H2,1-2H3,(H,38,42)(H,40,41)(H,43,44)(H,45,46)/b15-11+/t31-,32+,37?/m1/s1.